The summed E-state index contributed by atoms with van der Waals surface area (Å²) in [5.74, 6) is 0. The quantitative estimate of drug-likeness (QED) is 0.471. The molecule has 6 nitrogen and oxygen atoms in total. The van der Waals surface area contributed by atoms with Crippen molar-refractivity contribution in [2.75, 3.05) is 58.0 Å². The van der Waals surface area contributed by atoms with E-state index in [1.807, 2.05) is 24.3 Å². The summed E-state index contributed by atoms with van der Waals surface area (Å²) in [5, 5.41) is 0. The van der Waals surface area contributed by atoms with Crippen molar-refractivity contribution in [2.45, 2.75) is 12.5 Å². The van der Waals surface area contributed by atoms with Crippen LogP contribution in [0.15, 0.2) is 24.3 Å². The van der Waals surface area contributed by atoms with E-state index >= 15 is 0 Å². The van der Waals surface area contributed by atoms with Crippen LogP contribution in [0, 0.1) is 0 Å². The van der Waals surface area contributed by atoms with Gasteiger partial charge in [-0.25, -0.2) is 0 Å². The molecule has 0 radical (unpaired) electrons. The maximum atomic E-state index is 11.9. The van der Waals surface area contributed by atoms with Gasteiger partial charge in [0.1, 0.15) is 13.2 Å². The number of nitrogens with zero attached hydrogens (tertiary/aromatic N) is 2. The van der Waals surface area contributed by atoms with Crippen LogP contribution in [-0.4, -0.2) is 58.0 Å². The molecule has 7 heteroatoms. The fraction of sp³-hybridized carbons (Fsp3) is 0.600. The number of anilines is 2. The molecule has 2 unspecified atom stereocenters. The van der Waals surface area contributed by atoms with Crippen molar-refractivity contribution in [3.05, 3.63) is 24.3 Å². The molecule has 1 aromatic rings. The largest absolute Gasteiger partial charge is 0.399 e. The molecule has 0 aliphatic carbocycles. The zero-order chi connectivity index (χ0) is 16.2. The molecule has 0 saturated carbocycles. The number of benzene rings is 1. The van der Waals surface area contributed by atoms with E-state index in [0.717, 1.165) is 41.9 Å². The molecule has 0 amide bonds. The molecular weight excluding hydrogens is 301 g/mol. The maximum absolute atomic E-state index is 11.9. The van der Waals surface area contributed by atoms with Gasteiger partial charge in [0.25, 0.3) is 0 Å². The molecule has 1 aliphatic heterocycles. The van der Waals surface area contributed by atoms with E-state index < -0.39 is 8.25 Å². The Kier molecular flexibility index (Phi) is 5.87. The molecule has 22 heavy (non-hydrogen) atoms. The Bertz CT molecular complexity index is 502. The lowest BCUT2D eigenvalue weighted by molar-refractivity contribution is -0.870. The summed E-state index contributed by atoms with van der Waals surface area (Å²) in [6, 6.07) is 7.78. The predicted octanol–water partition coefficient (Wildman–Crippen LogP) is 1.98. The topological polar surface area (TPSA) is 64.8 Å². The van der Waals surface area contributed by atoms with Crippen molar-refractivity contribution in [2.24, 2.45) is 0 Å². The summed E-state index contributed by atoms with van der Waals surface area (Å²) in [6.45, 7) is 2.89. The summed E-state index contributed by atoms with van der Waals surface area (Å²) in [7, 11) is 3.80. The van der Waals surface area contributed by atoms with Gasteiger partial charge in [-0.05, 0) is 30.7 Å². The normalized spacial score (nSPS) is 20.3. The second kappa shape index (κ2) is 7.47. The first-order valence-corrected chi connectivity index (χ1v) is 8.80. The van der Waals surface area contributed by atoms with Gasteiger partial charge in [0, 0.05) is 24.5 Å². The summed E-state index contributed by atoms with van der Waals surface area (Å²) < 4.78 is 23.5. The van der Waals surface area contributed by atoms with Crippen LogP contribution >= 0.6 is 8.25 Å². The Morgan fingerprint density at radius 1 is 1.32 bits per heavy atom. The van der Waals surface area contributed by atoms with Crippen LogP contribution < -0.4 is 10.6 Å². The zero-order valence-corrected chi connectivity index (χ0v) is 14.6. The molecule has 0 aromatic heterocycles. The fourth-order valence-electron chi connectivity index (χ4n) is 2.32. The Labute approximate surface area is 133 Å². The minimum Gasteiger partial charge on any atom is -0.399 e. The molecule has 124 valence electrons. The van der Waals surface area contributed by atoms with E-state index in [1.165, 1.54) is 0 Å². The van der Waals surface area contributed by atoms with E-state index in [1.54, 1.807) is 0 Å². The van der Waals surface area contributed by atoms with Crippen LogP contribution in [0.5, 0.6) is 0 Å². The Morgan fingerprint density at radius 2 is 2.00 bits per heavy atom. The van der Waals surface area contributed by atoms with E-state index in [0.29, 0.717) is 6.61 Å². The van der Waals surface area contributed by atoms with Crippen LogP contribution in [0.1, 0.15) is 6.42 Å². The van der Waals surface area contributed by atoms with E-state index in [-0.39, 0.29) is 6.10 Å². The number of hydrogen-bond acceptors (Lipinski definition) is 5. The molecule has 1 heterocycles. The lowest BCUT2D eigenvalue weighted by atomic mass is 10.2. The highest BCUT2D eigenvalue weighted by molar-refractivity contribution is 7.33. The van der Waals surface area contributed by atoms with Crippen molar-refractivity contribution in [3.63, 3.8) is 0 Å². The summed E-state index contributed by atoms with van der Waals surface area (Å²) in [4.78, 5) is 2.21. The monoisotopic (exact) mass is 328 g/mol. The van der Waals surface area contributed by atoms with Gasteiger partial charge in [0.15, 0.2) is 0 Å². The minimum absolute atomic E-state index is 0.0342. The van der Waals surface area contributed by atoms with Gasteiger partial charge in [0.05, 0.1) is 27.2 Å². The van der Waals surface area contributed by atoms with Gasteiger partial charge in [-0.15, -0.1) is 0 Å². The van der Waals surface area contributed by atoms with Gasteiger partial charge in [0.2, 0.25) is 0 Å². The second-order valence-electron chi connectivity index (χ2n) is 6.68. The highest BCUT2D eigenvalue weighted by atomic mass is 31.1. The molecule has 1 aliphatic rings. The molecule has 1 fully saturated rings. The Morgan fingerprint density at radius 3 is 2.64 bits per heavy atom. The van der Waals surface area contributed by atoms with Gasteiger partial charge < -0.3 is 24.2 Å². The van der Waals surface area contributed by atoms with Crippen LogP contribution in [0.4, 0.5) is 11.4 Å². The SMILES string of the molecule is C[N+](C)(C)CCO[PH](=O)OC1CCN(c2ccc(N)cc2)C1. The first kappa shape index (κ1) is 17.3. The molecule has 1 saturated heterocycles. The number of quaternary nitrogens is 1. The average molecular weight is 328 g/mol. The third-order valence-electron chi connectivity index (χ3n) is 3.65. The zero-order valence-electron chi connectivity index (χ0n) is 13.6. The first-order valence-electron chi connectivity index (χ1n) is 7.58. The summed E-state index contributed by atoms with van der Waals surface area (Å²) in [5.41, 5.74) is 7.57. The van der Waals surface area contributed by atoms with Crippen molar-refractivity contribution in [1.82, 2.24) is 0 Å². The van der Waals surface area contributed by atoms with Gasteiger partial charge >= 0.3 is 8.25 Å². The highest BCUT2D eigenvalue weighted by Gasteiger charge is 2.25. The highest BCUT2D eigenvalue weighted by Crippen LogP contribution is 2.31. The number of rotatable bonds is 7. The summed E-state index contributed by atoms with van der Waals surface area (Å²) >= 11 is 0. The fourth-order valence-corrected chi connectivity index (χ4v) is 3.11. The van der Waals surface area contributed by atoms with E-state index in [4.69, 9.17) is 14.8 Å². The number of nitrogens with two attached hydrogens (primary N) is 1. The van der Waals surface area contributed by atoms with Crippen LogP contribution in [0.25, 0.3) is 0 Å². The third-order valence-corrected chi connectivity index (χ3v) is 4.61. The predicted molar refractivity (Wildman–Crippen MR) is 90.4 cm³/mol. The van der Waals surface area contributed by atoms with Crippen molar-refractivity contribution in [3.8, 4) is 0 Å². The molecule has 1 aromatic carbocycles. The molecular formula is C15H27N3O3P+. The van der Waals surface area contributed by atoms with E-state index in [9.17, 15) is 4.57 Å². The average Bonchev–Trinajstić information content (AvgIpc) is 2.86. The molecule has 2 N–H and O–H groups in total. The number of likely N-dealkylation sites (N-methyl/N-ethyl adjacent to an activating group) is 1. The van der Waals surface area contributed by atoms with Gasteiger partial charge in [-0.3, -0.25) is 4.57 Å². The lowest BCUT2D eigenvalue weighted by Gasteiger charge is -2.23. The van der Waals surface area contributed by atoms with Gasteiger partial charge in [-0.2, -0.15) is 0 Å². The maximum Gasteiger partial charge on any atom is 0.319 e. The van der Waals surface area contributed by atoms with Crippen LogP contribution in [0.2, 0.25) is 0 Å². The van der Waals surface area contributed by atoms with Crippen molar-refractivity contribution in [1.29, 1.82) is 0 Å². The van der Waals surface area contributed by atoms with Crippen molar-refractivity contribution < 1.29 is 18.1 Å². The van der Waals surface area contributed by atoms with E-state index in [2.05, 4.69) is 26.0 Å². The summed E-state index contributed by atoms with van der Waals surface area (Å²) in [6.07, 6.45) is 0.826. The third kappa shape index (κ3) is 5.61. The molecule has 0 spiro atoms. The lowest BCUT2D eigenvalue weighted by Crippen LogP contribution is -2.37. The standard InChI is InChI=1S/C15H27N3O3P/c1-18(2,3)10-11-20-22(19)21-15-8-9-17(12-15)14-6-4-13(16)5-7-14/h4-7,15,22H,8-12,16H2,1-3H3/q+1. The Hall–Kier alpha value is -1.07. The number of nitrogen functional groups attached to an aromatic ring is 1. The first-order chi connectivity index (χ1) is 10.3. The van der Waals surface area contributed by atoms with Gasteiger partial charge in [-0.1, -0.05) is 0 Å². The smallest absolute Gasteiger partial charge is 0.319 e. The molecule has 0 bridgehead atoms. The molecule has 2 atom stereocenters. The minimum atomic E-state index is -2.41. The number of hydrogen-bond donors (Lipinski definition) is 1. The van der Waals surface area contributed by atoms with Crippen molar-refractivity contribution >= 4 is 19.6 Å². The van der Waals surface area contributed by atoms with Crippen LogP contribution in [0.3, 0.4) is 0 Å². The molecule has 2 rings (SSSR count). The Balaban J connectivity index is 1.74. The second-order valence-corrected chi connectivity index (χ2v) is 7.70. The van der Waals surface area contributed by atoms with Crippen LogP contribution in [-0.2, 0) is 13.6 Å².